The van der Waals surface area contributed by atoms with Crippen LogP contribution in [0.2, 0.25) is 5.02 Å². The van der Waals surface area contributed by atoms with Crippen molar-refractivity contribution in [3.8, 4) is 0 Å². The fourth-order valence-electron chi connectivity index (χ4n) is 1.78. The van der Waals surface area contributed by atoms with E-state index in [0.29, 0.717) is 0 Å². The van der Waals surface area contributed by atoms with Crippen molar-refractivity contribution in [2.24, 2.45) is 0 Å². The number of rotatable bonds is 4. The number of halogens is 2. The molecule has 2 aromatic carbocycles. The molecule has 0 fully saturated rings. The van der Waals surface area contributed by atoms with Gasteiger partial charge in [-0.3, -0.25) is 0 Å². The number of hydrogen-bond acceptors (Lipinski definition) is 2. The smallest absolute Gasteiger partial charge is 0.207 e. The molecule has 0 bridgehead atoms. The van der Waals surface area contributed by atoms with E-state index in [9.17, 15) is 8.42 Å². The first-order valence-electron chi connectivity index (χ1n) is 5.92. The minimum absolute atomic E-state index is 0.0885. The molecule has 3 nitrogen and oxygen atoms in total. The van der Waals surface area contributed by atoms with E-state index in [-0.39, 0.29) is 16.0 Å². The summed E-state index contributed by atoms with van der Waals surface area (Å²) < 4.78 is 28.2. The maximum atomic E-state index is 12.3. The Labute approximate surface area is 132 Å². The molecule has 2 aromatic rings. The lowest BCUT2D eigenvalue weighted by atomic mass is 10.1. The molecular formula is C14H13BrClNO2S. The summed E-state index contributed by atoms with van der Waals surface area (Å²) in [7, 11) is -3.64. The summed E-state index contributed by atoms with van der Waals surface area (Å²) in [5.41, 5.74) is 0.879. The highest BCUT2D eigenvalue weighted by Gasteiger charge is 2.20. The highest BCUT2D eigenvalue weighted by atomic mass is 79.9. The minimum Gasteiger partial charge on any atom is -0.207 e. The lowest BCUT2D eigenvalue weighted by molar-refractivity contribution is 0.567. The quantitative estimate of drug-likeness (QED) is 0.874. The second-order valence-corrected chi connectivity index (χ2v) is 7.33. The van der Waals surface area contributed by atoms with Crippen LogP contribution in [0.25, 0.3) is 0 Å². The third kappa shape index (κ3) is 3.61. The highest BCUT2D eigenvalue weighted by Crippen LogP contribution is 2.23. The van der Waals surface area contributed by atoms with Crippen molar-refractivity contribution >= 4 is 37.6 Å². The molecule has 1 unspecified atom stereocenters. The van der Waals surface area contributed by atoms with E-state index in [2.05, 4.69) is 20.7 Å². The second kappa shape index (κ2) is 6.26. The highest BCUT2D eigenvalue weighted by molar-refractivity contribution is 9.10. The normalized spacial score (nSPS) is 13.2. The van der Waals surface area contributed by atoms with E-state index in [1.54, 1.807) is 25.1 Å². The monoisotopic (exact) mass is 373 g/mol. The molecule has 0 aromatic heterocycles. The number of benzene rings is 2. The second-order valence-electron chi connectivity index (χ2n) is 4.32. The molecule has 1 N–H and O–H groups in total. The van der Waals surface area contributed by atoms with Crippen molar-refractivity contribution in [2.45, 2.75) is 17.9 Å². The maximum absolute atomic E-state index is 12.3. The molecule has 0 aliphatic carbocycles. The van der Waals surface area contributed by atoms with Crippen molar-refractivity contribution < 1.29 is 8.42 Å². The summed E-state index contributed by atoms with van der Waals surface area (Å²) in [6.07, 6.45) is 0. The summed E-state index contributed by atoms with van der Waals surface area (Å²) in [5.74, 6) is 0. The molecule has 0 spiro atoms. The van der Waals surface area contributed by atoms with Crippen LogP contribution in [0.15, 0.2) is 57.9 Å². The summed E-state index contributed by atoms with van der Waals surface area (Å²) in [6.45, 7) is 1.79. The standard InChI is InChI=1S/C14H13BrClNO2S/c1-10(11-6-8-12(15)9-7-11)17-20(18,19)14-5-3-2-4-13(14)16/h2-10,17H,1H3. The van der Waals surface area contributed by atoms with Gasteiger partial charge in [0.25, 0.3) is 0 Å². The van der Waals surface area contributed by atoms with E-state index >= 15 is 0 Å². The van der Waals surface area contributed by atoms with Crippen LogP contribution in [-0.2, 0) is 10.0 Å². The number of nitrogens with one attached hydrogen (secondary N) is 1. The van der Waals surface area contributed by atoms with Gasteiger partial charge < -0.3 is 0 Å². The molecule has 0 saturated carbocycles. The zero-order chi connectivity index (χ0) is 14.8. The van der Waals surface area contributed by atoms with Crippen molar-refractivity contribution in [3.05, 3.63) is 63.6 Å². The van der Waals surface area contributed by atoms with Gasteiger partial charge in [-0.2, -0.15) is 0 Å². The molecule has 0 radical (unpaired) electrons. The average Bonchev–Trinajstić information content (AvgIpc) is 2.39. The van der Waals surface area contributed by atoms with E-state index in [1.165, 1.54) is 6.07 Å². The Hall–Kier alpha value is -0.880. The van der Waals surface area contributed by atoms with Crippen LogP contribution < -0.4 is 4.72 Å². The Balaban J connectivity index is 2.24. The maximum Gasteiger partial charge on any atom is 0.242 e. The van der Waals surface area contributed by atoms with Gasteiger partial charge >= 0.3 is 0 Å². The SMILES string of the molecule is CC(NS(=O)(=O)c1ccccc1Cl)c1ccc(Br)cc1. The van der Waals surface area contributed by atoms with Gasteiger partial charge in [-0.25, -0.2) is 13.1 Å². The molecule has 0 saturated heterocycles. The lowest BCUT2D eigenvalue weighted by Crippen LogP contribution is -2.27. The molecule has 106 valence electrons. The van der Waals surface area contributed by atoms with Gasteiger partial charge in [-0.05, 0) is 36.8 Å². The Morgan fingerprint density at radius 2 is 1.70 bits per heavy atom. The molecule has 20 heavy (non-hydrogen) atoms. The van der Waals surface area contributed by atoms with Crippen molar-refractivity contribution in [1.82, 2.24) is 4.72 Å². The summed E-state index contributed by atoms with van der Waals surface area (Å²) in [5, 5.41) is 0.211. The Kier molecular flexibility index (Phi) is 4.86. The molecule has 0 aliphatic heterocycles. The van der Waals surface area contributed by atoms with Crippen LogP contribution in [-0.4, -0.2) is 8.42 Å². The summed E-state index contributed by atoms with van der Waals surface area (Å²) >= 11 is 9.28. The third-order valence-corrected chi connectivity index (χ3v) is 5.40. The topological polar surface area (TPSA) is 46.2 Å². The van der Waals surface area contributed by atoms with Gasteiger partial charge in [0.2, 0.25) is 10.0 Å². The molecule has 2 rings (SSSR count). The van der Waals surface area contributed by atoms with Gasteiger partial charge in [0, 0.05) is 10.5 Å². The van der Waals surface area contributed by atoms with E-state index in [0.717, 1.165) is 10.0 Å². The fourth-order valence-corrected chi connectivity index (χ4v) is 3.79. The van der Waals surface area contributed by atoms with Crippen molar-refractivity contribution in [2.75, 3.05) is 0 Å². The molecular weight excluding hydrogens is 362 g/mol. The van der Waals surface area contributed by atoms with Gasteiger partial charge in [-0.15, -0.1) is 0 Å². The van der Waals surface area contributed by atoms with E-state index in [1.807, 2.05) is 24.3 Å². The number of sulfonamides is 1. The molecule has 6 heteroatoms. The van der Waals surface area contributed by atoms with E-state index < -0.39 is 10.0 Å². The lowest BCUT2D eigenvalue weighted by Gasteiger charge is -2.15. The molecule has 1 atom stereocenters. The first kappa shape index (κ1) is 15.5. The minimum atomic E-state index is -3.64. The van der Waals surface area contributed by atoms with Crippen LogP contribution in [0, 0.1) is 0 Å². The van der Waals surface area contributed by atoms with Gasteiger partial charge in [0.05, 0.1) is 5.02 Å². The summed E-state index contributed by atoms with van der Waals surface area (Å²) in [4.78, 5) is 0.0885. The van der Waals surface area contributed by atoms with Gasteiger partial charge in [-0.1, -0.05) is 51.8 Å². The van der Waals surface area contributed by atoms with Crippen LogP contribution in [0.4, 0.5) is 0 Å². The zero-order valence-electron chi connectivity index (χ0n) is 10.7. The average molecular weight is 375 g/mol. The Morgan fingerprint density at radius 3 is 2.30 bits per heavy atom. The Bertz CT molecular complexity index is 701. The largest absolute Gasteiger partial charge is 0.242 e. The Morgan fingerprint density at radius 1 is 1.10 bits per heavy atom. The van der Waals surface area contributed by atoms with Crippen LogP contribution in [0.3, 0.4) is 0 Å². The predicted molar refractivity (Wildman–Crippen MR) is 84.3 cm³/mol. The van der Waals surface area contributed by atoms with Crippen LogP contribution in [0.1, 0.15) is 18.5 Å². The first-order chi connectivity index (χ1) is 9.40. The van der Waals surface area contributed by atoms with Crippen LogP contribution >= 0.6 is 27.5 Å². The van der Waals surface area contributed by atoms with Crippen LogP contribution in [0.5, 0.6) is 0 Å². The predicted octanol–water partition coefficient (Wildman–Crippen LogP) is 4.14. The van der Waals surface area contributed by atoms with Crippen molar-refractivity contribution in [3.63, 3.8) is 0 Å². The molecule has 0 amide bonds. The van der Waals surface area contributed by atoms with E-state index in [4.69, 9.17) is 11.6 Å². The van der Waals surface area contributed by atoms with Crippen molar-refractivity contribution in [1.29, 1.82) is 0 Å². The summed E-state index contributed by atoms with van der Waals surface area (Å²) in [6, 6.07) is 13.5. The zero-order valence-corrected chi connectivity index (χ0v) is 13.8. The third-order valence-electron chi connectivity index (χ3n) is 2.83. The van der Waals surface area contributed by atoms with Gasteiger partial charge in [0.15, 0.2) is 0 Å². The number of hydrogen-bond donors (Lipinski definition) is 1. The molecule has 0 aliphatic rings. The fraction of sp³-hybridized carbons (Fsp3) is 0.143. The first-order valence-corrected chi connectivity index (χ1v) is 8.58. The molecule has 0 heterocycles. The van der Waals surface area contributed by atoms with Gasteiger partial charge in [0.1, 0.15) is 4.90 Å².